The molecule has 1 aliphatic heterocycles. The fourth-order valence-corrected chi connectivity index (χ4v) is 4.32. The van der Waals surface area contributed by atoms with Crippen LogP contribution in [0.5, 0.6) is 0 Å². The van der Waals surface area contributed by atoms with E-state index in [1.165, 1.54) is 4.31 Å². The smallest absolute Gasteiger partial charge is 0.230 e. The first-order valence-electron chi connectivity index (χ1n) is 6.52. The molecule has 0 spiro atoms. The van der Waals surface area contributed by atoms with Crippen LogP contribution >= 0.6 is 11.6 Å². The molecule has 2 fully saturated rings. The Labute approximate surface area is 123 Å². The molecule has 1 aromatic carbocycles. The van der Waals surface area contributed by atoms with Crippen molar-refractivity contribution in [3.05, 3.63) is 29.3 Å². The lowest BCUT2D eigenvalue weighted by Crippen LogP contribution is -2.55. The predicted octanol–water partition coefficient (Wildman–Crippen LogP) is 1.70. The van der Waals surface area contributed by atoms with E-state index < -0.39 is 10.0 Å². The first kappa shape index (κ1) is 13.9. The summed E-state index contributed by atoms with van der Waals surface area (Å²) in [6.07, 6.45) is 1.50. The largest absolute Gasteiger partial charge is 0.326 e. The van der Waals surface area contributed by atoms with E-state index in [2.05, 4.69) is 5.32 Å². The number of halogens is 1. The van der Waals surface area contributed by atoms with Gasteiger partial charge < -0.3 is 5.32 Å². The molecule has 108 valence electrons. The Morgan fingerprint density at radius 1 is 1.30 bits per heavy atom. The Morgan fingerprint density at radius 3 is 2.60 bits per heavy atom. The number of sulfonamides is 1. The molecular formula is C13H15ClN2O3S. The molecule has 0 bridgehead atoms. The van der Waals surface area contributed by atoms with Crippen molar-refractivity contribution < 1.29 is 13.2 Å². The van der Waals surface area contributed by atoms with E-state index in [4.69, 9.17) is 11.6 Å². The summed E-state index contributed by atoms with van der Waals surface area (Å²) in [6, 6.07) is 6.89. The van der Waals surface area contributed by atoms with E-state index in [0.717, 1.165) is 12.8 Å². The summed E-state index contributed by atoms with van der Waals surface area (Å²) in [7, 11) is -3.14. The minimum atomic E-state index is -3.14. The normalized spacial score (nSPS) is 20.4. The average molecular weight is 315 g/mol. The van der Waals surface area contributed by atoms with E-state index in [0.29, 0.717) is 10.7 Å². The van der Waals surface area contributed by atoms with Crippen molar-refractivity contribution in [1.82, 2.24) is 4.31 Å². The zero-order chi connectivity index (χ0) is 14.3. The molecule has 5 nitrogen and oxygen atoms in total. The Morgan fingerprint density at radius 2 is 2.00 bits per heavy atom. The first-order chi connectivity index (χ1) is 9.46. The number of amides is 1. The van der Waals surface area contributed by atoms with Gasteiger partial charge in [-0.1, -0.05) is 17.7 Å². The number of rotatable bonds is 4. The zero-order valence-electron chi connectivity index (χ0n) is 10.8. The lowest BCUT2D eigenvalue weighted by Gasteiger charge is -2.37. The molecule has 0 radical (unpaired) electrons. The van der Waals surface area contributed by atoms with Crippen LogP contribution in [0.3, 0.4) is 0 Å². The van der Waals surface area contributed by atoms with Crippen LogP contribution in [0.4, 0.5) is 5.69 Å². The molecule has 0 aromatic heterocycles. The molecule has 1 N–H and O–H groups in total. The number of anilines is 1. The molecule has 1 saturated heterocycles. The number of carbonyl (C=O) groups excluding carboxylic acids is 1. The molecule has 1 heterocycles. The maximum atomic E-state index is 12.0. The van der Waals surface area contributed by atoms with E-state index in [1.807, 2.05) is 0 Å². The second-order valence-electron chi connectivity index (χ2n) is 5.26. The van der Waals surface area contributed by atoms with Crippen LogP contribution in [0, 0.1) is 5.92 Å². The number of benzene rings is 1. The summed E-state index contributed by atoms with van der Waals surface area (Å²) in [5.74, 6) is -0.433. The highest BCUT2D eigenvalue weighted by atomic mass is 35.5. The van der Waals surface area contributed by atoms with Crippen molar-refractivity contribution in [3.8, 4) is 0 Å². The van der Waals surface area contributed by atoms with Crippen LogP contribution in [-0.4, -0.2) is 37.0 Å². The standard InChI is InChI=1S/C13H15ClN2O3S/c14-10-2-1-3-11(6-10)15-13(17)9-7-16(8-9)20(18,19)12-4-5-12/h1-3,6,9,12H,4-5,7-8H2,(H,15,17). The van der Waals surface area contributed by atoms with Crippen molar-refractivity contribution in [3.63, 3.8) is 0 Å². The fourth-order valence-electron chi connectivity index (χ4n) is 2.20. The molecule has 1 amide bonds. The highest BCUT2D eigenvalue weighted by Crippen LogP contribution is 2.34. The van der Waals surface area contributed by atoms with Crippen LogP contribution in [0.2, 0.25) is 5.02 Å². The molecule has 0 atom stereocenters. The van der Waals surface area contributed by atoms with Gasteiger partial charge in [-0.05, 0) is 31.0 Å². The molecule has 2 aliphatic rings. The topological polar surface area (TPSA) is 66.5 Å². The maximum absolute atomic E-state index is 12.0. The van der Waals surface area contributed by atoms with Crippen molar-refractivity contribution in [2.75, 3.05) is 18.4 Å². The highest BCUT2D eigenvalue weighted by Gasteiger charge is 2.46. The molecular weight excluding hydrogens is 300 g/mol. The Kier molecular flexibility index (Phi) is 3.48. The Balaban J connectivity index is 1.56. The third-order valence-electron chi connectivity index (χ3n) is 3.62. The second-order valence-corrected chi connectivity index (χ2v) is 7.91. The van der Waals surface area contributed by atoms with E-state index >= 15 is 0 Å². The van der Waals surface area contributed by atoms with Crippen LogP contribution in [0.15, 0.2) is 24.3 Å². The third kappa shape index (κ3) is 2.68. The van der Waals surface area contributed by atoms with Gasteiger partial charge in [0, 0.05) is 23.8 Å². The van der Waals surface area contributed by atoms with Gasteiger partial charge in [-0.3, -0.25) is 4.79 Å². The molecule has 20 heavy (non-hydrogen) atoms. The first-order valence-corrected chi connectivity index (χ1v) is 8.40. The van der Waals surface area contributed by atoms with Gasteiger partial charge >= 0.3 is 0 Å². The lowest BCUT2D eigenvalue weighted by molar-refractivity contribution is -0.122. The average Bonchev–Trinajstić information content (AvgIpc) is 3.09. The molecule has 3 rings (SSSR count). The SMILES string of the molecule is O=C(Nc1cccc(Cl)c1)C1CN(S(=O)(=O)C2CC2)C1. The molecule has 1 aromatic rings. The van der Waals surface area contributed by atoms with Crippen molar-refractivity contribution in [2.24, 2.45) is 5.92 Å². The van der Waals surface area contributed by atoms with Gasteiger partial charge in [0.05, 0.1) is 11.2 Å². The van der Waals surface area contributed by atoms with Gasteiger partial charge in [0.2, 0.25) is 15.9 Å². The van der Waals surface area contributed by atoms with Gasteiger partial charge in [0.15, 0.2) is 0 Å². The van der Waals surface area contributed by atoms with Crippen LogP contribution < -0.4 is 5.32 Å². The molecule has 0 unspecified atom stereocenters. The van der Waals surface area contributed by atoms with E-state index in [-0.39, 0.29) is 30.2 Å². The minimum Gasteiger partial charge on any atom is -0.326 e. The number of hydrogen-bond acceptors (Lipinski definition) is 3. The number of hydrogen-bond donors (Lipinski definition) is 1. The quantitative estimate of drug-likeness (QED) is 0.920. The molecule has 1 saturated carbocycles. The van der Waals surface area contributed by atoms with Gasteiger partial charge in [-0.15, -0.1) is 0 Å². The number of nitrogens with zero attached hydrogens (tertiary/aromatic N) is 1. The number of nitrogens with one attached hydrogen (secondary N) is 1. The summed E-state index contributed by atoms with van der Waals surface area (Å²) >= 11 is 5.84. The summed E-state index contributed by atoms with van der Waals surface area (Å²) < 4.78 is 25.3. The van der Waals surface area contributed by atoms with Crippen molar-refractivity contribution in [2.45, 2.75) is 18.1 Å². The zero-order valence-corrected chi connectivity index (χ0v) is 12.3. The summed E-state index contributed by atoms with van der Waals surface area (Å²) in [5.41, 5.74) is 0.631. The van der Waals surface area contributed by atoms with Crippen LogP contribution in [-0.2, 0) is 14.8 Å². The minimum absolute atomic E-state index is 0.158. The van der Waals surface area contributed by atoms with Crippen LogP contribution in [0.1, 0.15) is 12.8 Å². The van der Waals surface area contributed by atoms with Crippen molar-refractivity contribution in [1.29, 1.82) is 0 Å². The highest BCUT2D eigenvalue weighted by molar-refractivity contribution is 7.90. The predicted molar refractivity (Wildman–Crippen MR) is 77.1 cm³/mol. The van der Waals surface area contributed by atoms with E-state index in [9.17, 15) is 13.2 Å². The maximum Gasteiger partial charge on any atom is 0.230 e. The molecule has 1 aliphatic carbocycles. The van der Waals surface area contributed by atoms with E-state index in [1.54, 1.807) is 24.3 Å². The fraction of sp³-hybridized carbons (Fsp3) is 0.462. The lowest BCUT2D eigenvalue weighted by atomic mass is 10.0. The Bertz CT molecular complexity index is 637. The summed E-state index contributed by atoms with van der Waals surface area (Å²) in [6.45, 7) is 0.566. The number of carbonyl (C=O) groups is 1. The van der Waals surface area contributed by atoms with Gasteiger partial charge in [0.25, 0.3) is 0 Å². The van der Waals surface area contributed by atoms with Crippen LogP contribution in [0.25, 0.3) is 0 Å². The molecule has 7 heteroatoms. The monoisotopic (exact) mass is 314 g/mol. The van der Waals surface area contributed by atoms with Gasteiger partial charge in [-0.25, -0.2) is 8.42 Å². The summed E-state index contributed by atoms with van der Waals surface area (Å²) in [5, 5.41) is 3.10. The van der Waals surface area contributed by atoms with Crippen molar-refractivity contribution >= 4 is 33.2 Å². The van der Waals surface area contributed by atoms with Gasteiger partial charge in [0.1, 0.15) is 0 Å². The van der Waals surface area contributed by atoms with Gasteiger partial charge in [-0.2, -0.15) is 4.31 Å². The Hall–Kier alpha value is -1.11. The second kappa shape index (κ2) is 5.02. The third-order valence-corrected chi connectivity index (χ3v) is 6.18. The summed E-state index contributed by atoms with van der Waals surface area (Å²) in [4.78, 5) is 12.0.